The van der Waals surface area contributed by atoms with Crippen molar-refractivity contribution in [2.45, 2.75) is 26.7 Å². The van der Waals surface area contributed by atoms with Gasteiger partial charge in [-0.05, 0) is 43.9 Å². The molecule has 6 nitrogen and oxygen atoms in total. The third kappa shape index (κ3) is 3.45. The van der Waals surface area contributed by atoms with E-state index in [9.17, 15) is 19.2 Å². The zero-order chi connectivity index (χ0) is 18.8. The normalized spacial score (nSPS) is 21.7. The van der Waals surface area contributed by atoms with Gasteiger partial charge in [-0.3, -0.25) is 24.1 Å². The molecule has 2 amide bonds. The number of esters is 1. The second-order valence-corrected chi connectivity index (χ2v) is 6.80. The van der Waals surface area contributed by atoms with E-state index in [1.807, 2.05) is 32.1 Å². The number of carbonyl (C=O) groups is 4. The molecule has 1 saturated heterocycles. The number of amides is 2. The van der Waals surface area contributed by atoms with Crippen molar-refractivity contribution in [1.29, 1.82) is 0 Å². The highest BCUT2D eigenvalue weighted by molar-refractivity contribution is 6.07. The number of likely N-dealkylation sites (tertiary alicyclic amines) is 1. The number of fused-ring (bicyclic) bond motifs is 1. The topological polar surface area (TPSA) is 80.8 Å². The Labute approximate surface area is 151 Å². The fourth-order valence-electron chi connectivity index (χ4n) is 3.34. The van der Waals surface area contributed by atoms with E-state index in [1.54, 1.807) is 12.1 Å². The Kier molecular flexibility index (Phi) is 5.02. The molecule has 2 atom stereocenters. The maximum absolute atomic E-state index is 12.3. The zero-order valence-corrected chi connectivity index (χ0v) is 14.9. The van der Waals surface area contributed by atoms with Crippen LogP contribution in [-0.2, 0) is 19.1 Å². The Morgan fingerprint density at radius 1 is 1.04 bits per heavy atom. The van der Waals surface area contributed by atoms with Gasteiger partial charge in [0.1, 0.15) is 6.54 Å². The number of Topliss-reactive ketones (excluding diaryl/α,β-unsaturated/α-hetero) is 1. The summed E-state index contributed by atoms with van der Waals surface area (Å²) in [6.45, 7) is 2.99. The van der Waals surface area contributed by atoms with Gasteiger partial charge >= 0.3 is 5.97 Å². The van der Waals surface area contributed by atoms with Gasteiger partial charge in [0.2, 0.25) is 11.8 Å². The standard InChI is InChI=1S/C20H21NO5/c1-12-7-8-14(9-13(12)2)17(22)11-26-18(23)10-21-19(24)15-5-3-4-6-16(15)20(21)25/h3-4,7-9,15-16H,5-6,10-11H2,1-2H3/t15-,16+. The van der Waals surface area contributed by atoms with Gasteiger partial charge in [0, 0.05) is 5.56 Å². The van der Waals surface area contributed by atoms with Crippen molar-refractivity contribution in [2.24, 2.45) is 11.8 Å². The summed E-state index contributed by atoms with van der Waals surface area (Å²) in [7, 11) is 0. The third-order valence-electron chi connectivity index (χ3n) is 5.08. The predicted molar refractivity (Wildman–Crippen MR) is 93.3 cm³/mol. The Morgan fingerprint density at radius 2 is 1.65 bits per heavy atom. The first-order valence-corrected chi connectivity index (χ1v) is 8.64. The molecule has 1 aromatic carbocycles. The van der Waals surface area contributed by atoms with Gasteiger partial charge in [-0.1, -0.05) is 24.3 Å². The van der Waals surface area contributed by atoms with E-state index in [0.717, 1.165) is 16.0 Å². The van der Waals surface area contributed by atoms with Crippen LogP contribution in [0.5, 0.6) is 0 Å². The van der Waals surface area contributed by atoms with E-state index in [-0.39, 0.29) is 29.4 Å². The van der Waals surface area contributed by atoms with Crippen molar-refractivity contribution in [3.63, 3.8) is 0 Å². The fourth-order valence-corrected chi connectivity index (χ4v) is 3.34. The molecule has 0 aromatic heterocycles. The number of allylic oxidation sites excluding steroid dienone is 2. The van der Waals surface area contributed by atoms with Crippen molar-refractivity contribution in [1.82, 2.24) is 4.90 Å². The van der Waals surface area contributed by atoms with Gasteiger partial charge in [-0.2, -0.15) is 0 Å². The van der Waals surface area contributed by atoms with E-state index in [4.69, 9.17) is 4.74 Å². The predicted octanol–water partition coefficient (Wildman–Crippen LogP) is 1.98. The highest BCUT2D eigenvalue weighted by Gasteiger charge is 2.47. The van der Waals surface area contributed by atoms with Crippen LogP contribution >= 0.6 is 0 Å². The van der Waals surface area contributed by atoms with Gasteiger partial charge in [0.15, 0.2) is 12.4 Å². The van der Waals surface area contributed by atoms with Crippen LogP contribution in [0.15, 0.2) is 30.4 Å². The minimum Gasteiger partial charge on any atom is -0.456 e. The van der Waals surface area contributed by atoms with Crippen LogP contribution < -0.4 is 0 Å². The third-order valence-corrected chi connectivity index (χ3v) is 5.08. The van der Waals surface area contributed by atoms with Crippen LogP contribution in [0.3, 0.4) is 0 Å². The van der Waals surface area contributed by atoms with Gasteiger partial charge in [0.05, 0.1) is 11.8 Å². The minimum atomic E-state index is -0.754. The van der Waals surface area contributed by atoms with Crippen LogP contribution in [0.1, 0.15) is 34.3 Å². The Balaban J connectivity index is 1.56. The molecule has 3 rings (SSSR count). The summed E-state index contributed by atoms with van der Waals surface area (Å²) >= 11 is 0. The zero-order valence-electron chi connectivity index (χ0n) is 14.9. The van der Waals surface area contributed by atoms with Crippen molar-refractivity contribution in [3.05, 3.63) is 47.0 Å². The molecule has 0 spiro atoms. The number of imide groups is 1. The molecule has 0 saturated carbocycles. The summed E-state index contributed by atoms with van der Waals surface area (Å²) in [5.41, 5.74) is 2.51. The molecule has 0 unspecified atom stereocenters. The van der Waals surface area contributed by atoms with Gasteiger partial charge in [0.25, 0.3) is 0 Å². The smallest absolute Gasteiger partial charge is 0.326 e. The molecule has 1 aromatic rings. The monoisotopic (exact) mass is 355 g/mol. The van der Waals surface area contributed by atoms with E-state index in [2.05, 4.69) is 0 Å². The van der Waals surface area contributed by atoms with Crippen molar-refractivity contribution in [3.8, 4) is 0 Å². The first kappa shape index (κ1) is 18.0. The lowest BCUT2D eigenvalue weighted by Crippen LogP contribution is -2.37. The minimum absolute atomic E-state index is 0.321. The number of hydrogen-bond acceptors (Lipinski definition) is 5. The molecule has 6 heteroatoms. The number of nitrogens with zero attached hydrogens (tertiary/aromatic N) is 1. The average Bonchev–Trinajstić information content (AvgIpc) is 2.87. The van der Waals surface area contributed by atoms with Crippen molar-refractivity contribution < 1.29 is 23.9 Å². The number of rotatable bonds is 5. The Bertz CT molecular complexity index is 784. The summed E-state index contributed by atoms with van der Waals surface area (Å²) in [5.74, 6) is -2.49. The molecule has 1 aliphatic carbocycles. The second-order valence-electron chi connectivity index (χ2n) is 6.80. The lowest BCUT2D eigenvalue weighted by molar-refractivity contribution is -0.152. The van der Waals surface area contributed by atoms with Crippen molar-refractivity contribution >= 4 is 23.6 Å². The molecule has 1 fully saturated rings. The van der Waals surface area contributed by atoms with Crippen LogP contribution in [-0.4, -0.2) is 41.6 Å². The number of hydrogen-bond donors (Lipinski definition) is 0. The van der Waals surface area contributed by atoms with Gasteiger partial charge in [-0.25, -0.2) is 0 Å². The summed E-state index contributed by atoms with van der Waals surface area (Å²) < 4.78 is 4.99. The Hall–Kier alpha value is -2.76. The summed E-state index contributed by atoms with van der Waals surface area (Å²) in [6, 6.07) is 5.27. The number of benzene rings is 1. The molecule has 2 aliphatic rings. The van der Waals surface area contributed by atoms with E-state index < -0.39 is 19.1 Å². The summed E-state index contributed by atoms with van der Waals surface area (Å²) in [6.07, 6.45) is 4.81. The van der Waals surface area contributed by atoms with E-state index in [1.165, 1.54) is 0 Å². The maximum Gasteiger partial charge on any atom is 0.326 e. The Morgan fingerprint density at radius 3 is 2.23 bits per heavy atom. The molecular formula is C20H21NO5. The van der Waals surface area contributed by atoms with Gasteiger partial charge in [-0.15, -0.1) is 0 Å². The molecule has 136 valence electrons. The molecule has 0 N–H and O–H groups in total. The summed E-state index contributed by atoms with van der Waals surface area (Å²) in [5, 5.41) is 0. The quantitative estimate of drug-likeness (QED) is 0.349. The first-order chi connectivity index (χ1) is 12.4. The van der Waals surface area contributed by atoms with E-state index >= 15 is 0 Å². The highest BCUT2D eigenvalue weighted by Crippen LogP contribution is 2.34. The molecule has 1 aliphatic heterocycles. The number of ether oxygens (including phenoxy) is 1. The lowest BCUT2D eigenvalue weighted by atomic mass is 9.85. The first-order valence-electron chi connectivity index (χ1n) is 8.64. The molecule has 1 heterocycles. The van der Waals surface area contributed by atoms with Crippen LogP contribution in [0.2, 0.25) is 0 Å². The van der Waals surface area contributed by atoms with Crippen molar-refractivity contribution in [2.75, 3.05) is 13.2 Å². The highest BCUT2D eigenvalue weighted by atomic mass is 16.5. The lowest BCUT2D eigenvalue weighted by Gasteiger charge is -2.14. The molecule has 26 heavy (non-hydrogen) atoms. The summed E-state index contributed by atoms with van der Waals surface area (Å²) in [4.78, 5) is 49.8. The number of ketones is 1. The average molecular weight is 355 g/mol. The SMILES string of the molecule is Cc1ccc(C(=O)COC(=O)CN2C(=O)[C@H]3CC=CC[C@H]3C2=O)cc1C. The number of aryl methyl sites for hydroxylation is 2. The maximum atomic E-state index is 12.3. The van der Waals surface area contributed by atoms with Crippen LogP contribution in [0, 0.1) is 25.7 Å². The van der Waals surface area contributed by atoms with Crippen LogP contribution in [0.4, 0.5) is 0 Å². The molecular weight excluding hydrogens is 334 g/mol. The number of carbonyl (C=O) groups excluding carboxylic acids is 4. The molecule has 0 radical (unpaired) electrons. The van der Waals surface area contributed by atoms with E-state index in [0.29, 0.717) is 18.4 Å². The molecule has 0 bridgehead atoms. The fraction of sp³-hybridized carbons (Fsp3) is 0.400. The van der Waals surface area contributed by atoms with Crippen LogP contribution in [0.25, 0.3) is 0 Å². The van der Waals surface area contributed by atoms with Gasteiger partial charge < -0.3 is 4.74 Å². The largest absolute Gasteiger partial charge is 0.456 e. The second kappa shape index (κ2) is 7.23.